The highest BCUT2D eigenvalue weighted by molar-refractivity contribution is 5.97. The minimum atomic E-state index is -0.368. The Labute approximate surface area is 214 Å². The highest BCUT2D eigenvalue weighted by Gasteiger charge is 2.37. The van der Waals surface area contributed by atoms with Gasteiger partial charge in [-0.1, -0.05) is 18.2 Å². The van der Waals surface area contributed by atoms with Crippen LogP contribution in [0, 0.1) is 12.8 Å². The second-order valence-corrected chi connectivity index (χ2v) is 9.95. The van der Waals surface area contributed by atoms with Crippen molar-refractivity contribution in [2.45, 2.75) is 32.2 Å². The third-order valence-corrected chi connectivity index (χ3v) is 7.47. The van der Waals surface area contributed by atoms with E-state index in [2.05, 4.69) is 10.2 Å². The first-order valence-electron chi connectivity index (χ1n) is 12.8. The second-order valence-electron chi connectivity index (χ2n) is 9.95. The molecule has 0 radical (unpaired) electrons. The zero-order valence-corrected chi connectivity index (χ0v) is 21.0. The lowest BCUT2D eigenvalue weighted by Crippen LogP contribution is -2.40. The predicted molar refractivity (Wildman–Crippen MR) is 139 cm³/mol. The number of ether oxygens (including phenoxy) is 1. The first-order chi connectivity index (χ1) is 17.9. The number of benzene rings is 1. The van der Waals surface area contributed by atoms with E-state index in [-0.39, 0.29) is 34.9 Å². The first-order valence-corrected chi connectivity index (χ1v) is 12.8. The molecule has 10 heteroatoms. The van der Waals surface area contributed by atoms with Crippen molar-refractivity contribution >= 4 is 23.5 Å². The van der Waals surface area contributed by atoms with Gasteiger partial charge in [-0.15, -0.1) is 0 Å². The molecule has 1 saturated heterocycles. The van der Waals surface area contributed by atoms with Gasteiger partial charge in [0, 0.05) is 32.1 Å². The van der Waals surface area contributed by atoms with Crippen LogP contribution in [0.3, 0.4) is 0 Å². The quantitative estimate of drug-likeness (QED) is 0.573. The summed E-state index contributed by atoms with van der Waals surface area (Å²) in [4.78, 5) is 47.9. The number of para-hydroxylation sites is 1. The van der Waals surface area contributed by atoms with Crippen LogP contribution in [0.4, 0.5) is 11.6 Å². The molecule has 1 aromatic carbocycles. The van der Waals surface area contributed by atoms with Crippen LogP contribution in [0.25, 0.3) is 5.69 Å². The Bertz CT molecular complexity index is 1420. The van der Waals surface area contributed by atoms with Crippen LogP contribution in [-0.4, -0.2) is 58.4 Å². The third-order valence-electron chi connectivity index (χ3n) is 7.47. The molecular formula is C27H30N6O4. The van der Waals surface area contributed by atoms with E-state index < -0.39 is 0 Å². The molecule has 3 aromatic rings. The van der Waals surface area contributed by atoms with E-state index in [0.29, 0.717) is 49.2 Å². The molecule has 0 bridgehead atoms. The fraction of sp³-hybridized carbons (Fsp3) is 0.407. The van der Waals surface area contributed by atoms with Crippen molar-refractivity contribution in [3.63, 3.8) is 0 Å². The lowest BCUT2D eigenvalue weighted by Gasteiger charge is -2.30. The van der Waals surface area contributed by atoms with Gasteiger partial charge in [-0.05, 0) is 50.5 Å². The number of anilines is 2. The summed E-state index contributed by atoms with van der Waals surface area (Å²) in [5.41, 5.74) is 1.14. The lowest BCUT2D eigenvalue weighted by atomic mass is 10.2. The lowest BCUT2D eigenvalue weighted by molar-refractivity contribution is -0.120. The van der Waals surface area contributed by atoms with Crippen molar-refractivity contribution in [2.24, 2.45) is 13.0 Å². The first kappa shape index (κ1) is 23.3. The van der Waals surface area contributed by atoms with Crippen molar-refractivity contribution in [3.05, 3.63) is 64.1 Å². The van der Waals surface area contributed by atoms with E-state index in [1.54, 1.807) is 23.6 Å². The van der Waals surface area contributed by atoms with Gasteiger partial charge in [0.2, 0.25) is 5.91 Å². The normalized spacial score (nSPS) is 18.9. The molecule has 3 aliphatic rings. The molecule has 1 saturated carbocycles. The molecule has 0 unspecified atom stereocenters. The highest BCUT2D eigenvalue weighted by Crippen LogP contribution is 2.38. The summed E-state index contributed by atoms with van der Waals surface area (Å²) in [5.74, 6) is 1.82. The number of nitrogens with one attached hydrogen (secondary N) is 1. The largest absolute Gasteiger partial charge is 0.488 e. The zero-order chi connectivity index (χ0) is 25.7. The fourth-order valence-electron chi connectivity index (χ4n) is 5.20. The smallest absolute Gasteiger partial charge is 0.284 e. The SMILES string of the molecule is Cc1c(C(=O)N[C@H]2CCN(c3ccc4c(n3)N(C(=O)C3CC3)CCO4)C2)c(=O)n(-c2ccccc2)n1C. The van der Waals surface area contributed by atoms with Crippen molar-refractivity contribution < 1.29 is 14.3 Å². The zero-order valence-electron chi connectivity index (χ0n) is 21.0. The monoisotopic (exact) mass is 502 g/mol. The average molecular weight is 503 g/mol. The molecule has 2 aliphatic heterocycles. The van der Waals surface area contributed by atoms with Crippen molar-refractivity contribution in [1.29, 1.82) is 0 Å². The molecule has 6 rings (SSSR count). The summed E-state index contributed by atoms with van der Waals surface area (Å²) >= 11 is 0. The van der Waals surface area contributed by atoms with Gasteiger partial charge >= 0.3 is 0 Å². The van der Waals surface area contributed by atoms with E-state index in [1.807, 2.05) is 42.5 Å². The molecule has 2 fully saturated rings. The number of pyridine rings is 1. The van der Waals surface area contributed by atoms with Gasteiger partial charge in [0.1, 0.15) is 18.0 Å². The maximum absolute atomic E-state index is 13.2. The number of hydrogen-bond acceptors (Lipinski definition) is 6. The summed E-state index contributed by atoms with van der Waals surface area (Å²) in [6.07, 6.45) is 2.61. The van der Waals surface area contributed by atoms with Crippen LogP contribution in [0.15, 0.2) is 47.3 Å². The van der Waals surface area contributed by atoms with Crippen LogP contribution < -0.4 is 25.4 Å². The minimum absolute atomic E-state index is 0.107. The van der Waals surface area contributed by atoms with Crippen LogP contribution >= 0.6 is 0 Å². The summed E-state index contributed by atoms with van der Waals surface area (Å²) in [5, 5.41) is 3.06. The summed E-state index contributed by atoms with van der Waals surface area (Å²) in [6, 6.07) is 12.9. The Morgan fingerprint density at radius 3 is 2.59 bits per heavy atom. The maximum atomic E-state index is 13.2. The number of hydrogen-bond donors (Lipinski definition) is 1. The van der Waals surface area contributed by atoms with Crippen LogP contribution in [0.2, 0.25) is 0 Å². The van der Waals surface area contributed by atoms with Crippen LogP contribution in [-0.2, 0) is 11.8 Å². The number of amides is 2. The van der Waals surface area contributed by atoms with Crippen LogP contribution in [0.1, 0.15) is 35.3 Å². The van der Waals surface area contributed by atoms with Crippen molar-refractivity contribution in [3.8, 4) is 11.4 Å². The van der Waals surface area contributed by atoms with Crippen LogP contribution in [0.5, 0.6) is 5.75 Å². The number of fused-ring (bicyclic) bond motifs is 1. The van der Waals surface area contributed by atoms with Gasteiger partial charge in [0.05, 0.1) is 17.9 Å². The standard InChI is InChI=1S/C27H30N6O4/c1-17-23(27(36)33(30(17)2)20-6-4-3-5-7-20)25(34)28-19-12-13-31(16-19)22-11-10-21-24(29-22)32(14-15-37-21)26(35)18-8-9-18/h3-7,10-11,18-19H,8-9,12-16H2,1-2H3,(H,28,34)/t19-/m0/s1. The number of aromatic nitrogens is 3. The molecule has 37 heavy (non-hydrogen) atoms. The Balaban J connectivity index is 1.18. The van der Waals surface area contributed by atoms with Gasteiger partial charge in [-0.3, -0.25) is 24.0 Å². The van der Waals surface area contributed by atoms with E-state index in [1.165, 1.54) is 4.68 Å². The molecule has 0 spiro atoms. The van der Waals surface area contributed by atoms with Crippen molar-refractivity contribution in [2.75, 3.05) is 36.0 Å². The van der Waals surface area contributed by atoms with Gasteiger partial charge in [0.15, 0.2) is 11.6 Å². The molecule has 1 N–H and O–H groups in total. The fourth-order valence-corrected chi connectivity index (χ4v) is 5.20. The van der Waals surface area contributed by atoms with E-state index in [0.717, 1.165) is 25.1 Å². The van der Waals surface area contributed by atoms with E-state index in [9.17, 15) is 14.4 Å². The molecule has 192 valence electrons. The average Bonchev–Trinajstić information content (AvgIpc) is 3.61. The Morgan fingerprint density at radius 2 is 1.84 bits per heavy atom. The third kappa shape index (κ3) is 4.16. The molecule has 10 nitrogen and oxygen atoms in total. The highest BCUT2D eigenvalue weighted by atomic mass is 16.5. The molecule has 1 atom stereocenters. The molecule has 2 amide bonds. The van der Waals surface area contributed by atoms with E-state index >= 15 is 0 Å². The van der Waals surface area contributed by atoms with Gasteiger partial charge in [-0.25, -0.2) is 9.67 Å². The Morgan fingerprint density at radius 1 is 1.05 bits per heavy atom. The van der Waals surface area contributed by atoms with E-state index in [4.69, 9.17) is 9.72 Å². The predicted octanol–water partition coefficient (Wildman–Crippen LogP) is 2.02. The topological polar surface area (TPSA) is 102 Å². The Hall–Kier alpha value is -4.08. The molecule has 4 heterocycles. The molecule has 1 aliphatic carbocycles. The molecular weight excluding hydrogens is 472 g/mol. The number of nitrogens with zero attached hydrogens (tertiary/aromatic N) is 5. The summed E-state index contributed by atoms with van der Waals surface area (Å²) in [6.45, 7) is 4.03. The molecule has 2 aromatic heterocycles. The summed E-state index contributed by atoms with van der Waals surface area (Å²) < 4.78 is 8.97. The Kier molecular flexibility index (Phi) is 5.73. The van der Waals surface area contributed by atoms with Crippen molar-refractivity contribution in [1.82, 2.24) is 19.7 Å². The maximum Gasteiger partial charge on any atom is 0.284 e. The number of rotatable bonds is 5. The number of carbonyl (C=O) groups excluding carboxylic acids is 2. The summed E-state index contributed by atoms with van der Waals surface area (Å²) in [7, 11) is 1.78. The number of carbonyl (C=O) groups is 2. The van der Waals surface area contributed by atoms with Gasteiger partial charge in [0.25, 0.3) is 11.5 Å². The minimum Gasteiger partial charge on any atom is -0.488 e. The second kappa shape index (κ2) is 9.10. The van der Waals surface area contributed by atoms with Gasteiger partial charge < -0.3 is 15.0 Å². The van der Waals surface area contributed by atoms with Gasteiger partial charge in [-0.2, -0.15) is 0 Å².